The number of piperazine rings is 1. The molecule has 3 aromatic rings. The van der Waals surface area contributed by atoms with Crippen molar-refractivity contribution in [1.29, 1.82) is 0 Å². The lowest BCUT2D eigenvalue weighted by Crippen LogP contribution is -3.14. The van der Waals surface area contributed by atoms with Crippen LogP contribution in [0.1, 0.15) is 20.8 Å². The number of carbonyl (C=O) groups excluding carboxylic acids is 1. The molecule has 1 aliphatic heterocycles. The van der Waals surface area contributed by atoms with Crippen LogP contribution in [-0.2, 0) is 6.67 Å². The van der Waals surface area contributed by atoms with Crippen LogP contribution in [0.25, 0.3) is 11.5 Å². The number of carbonyl (C=O) groups is 1. The Morgan fingerprint density at radius 2 is 2.04 bits per heavy atom. The molecule has 1 amide bonds. The highest BCUT2D eigenvalue weighted by atomic mass is 32.1. The van der Waals surface area contributed by atoms with Crippen LogP contribution in [0.15, 0.2) is 40.1 Å². The molecule has 4 rings (SSSR count). The summed E-state index contributed by atoms with van der Waals surface area (Å²) >= 11 is 6.87. The monoisotopic (exact) mass is 415 g/mol. The molecule has 1 N–H and O–H groups in total. The van der Waals surface area contributed by atoms with Crippen LogP contribution in [0, 0.1) is 18.7 Å². The van der Waals surface area contributed by atoms with E-state index in [1.807, 2.05) is 28.5 Å². The molecule has 0 saturated carbocycles. The van der Waals surface area contributed by atoms with E-state index in [1.54, 1.807) is 4.68 Å². The van der Waals surface area contributed by atoms with Gasteiger partial charge in [-0.1, -0.05) is 12.1 Å². The van der Waals surface area contributed by atoms with E-state index in [2.05, 4.69) is 31.1 Å². The van der Waals surface area contributed by atoms with E-state index >= 15 is 0 Å². The first-order chi connectivity index (χ1) is 13.5. The average molecular weight is 416 g/mol. The largest absolute Gasteiger partial charge is 0.409 e. The van der Waals surface area contributed by atoms with Gasteiger partial charge < -0.3 is 14.2 Å². The quantitative estimate of drug-likeness (QED) is 0.666. The SMILES string of the molecule is Cc1ccc(-c2nn(C[NH+]3CCN(C(=O)c4cccs4)CC3)c(=S)o2)cc1C. The Bertz CT molecular complexity index is 1030. The van der Waals surface area contributed by atoms with E-state index in [9.17, 15) is 4.79 Å². The van der Waals surface area contributed by atoms with E-state index in [0.29, 0.717) is 17.4 Å². The minimum absolute atomic E-state index is 0.129. The Hall–Kier alpha value is -2.29. The predicted octanol–water partition coefficient (Wildman–Crippen LogP) is 2.55. The molecule has 28 heavy (non-hydrogen) atoms. The smallest absolute Gasteiger partial charge is 0.292 e. The lowest BCUT2D eigenvalue weighted by Gasteiger charge is -2.31. The van der Waals surface area contributed by atoms with Crippen molar-refractivity contribution in [1.82, 2.24) is 14.7 Å². The zero-order valence-electron chi connectivity index (χ0n) is 16.0. The Labute approximate surface area is 173 Å². The highest BCUT2D eigenvalue weighted by molar-refractivity contribution is 7.71. The first kappa shape index (κ1) is 19.0. The number of nitrogens with zero attached hydrogens (tertiary/aromatic N) is 3. The Morgan fingerprint density at radius 3 is 2.71 bits per heavy atom. The Morgan fingerprint density at radius 1 is 1.25 bits per heavy atom. The van der Waals surface area contributed by atoms with Gasteiger partial charge in [-0.15, -0.1) is 16.4 Å². The molecule has 0 unspecified atom stereocenters. The van der Waals surface area contributed by atoms with E-state index in [1.165, 1.54) is 27.4 Å². The Kier molecular flexibility index (Phi) is 5.43. The third kappa shape index (κ3) is 3.94. The molecule has 0 radical (unpaired) electrons. The van der Waals surface area contributed by atoms with Crippen LogP contribution >= 0.6 is 23.6 Å². The number of thiophene rings is 1. The zero-order chi connectivity index (χ0) is 19.7. The van der Waals surface area contributed by atoms with Gasteiger partial charge in [0.25, 0.3) is 10.7 Å². The molecule has 3 heterocycles. The van der Waals surface area contributed by atoms with Crippen molar-refractivity contribution in [3.63, 3.8) is 0 Å². The summed E-state index contributed by atoms with van der Waals surface area (Å²) in [6.45, 7) is 8.01. The number of amides is 1. The molecule has 8 heteroatoms. The second-order valence-electron chi connectivity index (χ2n) is 7.15. The molecule has 0 spiro atoms. The number of quaternary nitrogens is 1. The number of hydrogen-bond acceptors (Lipinski definition) is 5. The van der Waals surface area contributed by atoms with Crippen LogP contribution < -0.4 is 4.90 Å². The van der Waals surface area contributed by atoms with Gasteiger partial charge >= 0.3 is 0 Å². The third-order valence-corrected chi connectivity index (χ3v) is 6.38. The van der Waals surface area contributed by atoms with Crippen molar-refractivity contribution in [2.24, 2.45) is 0 Å². The standard InChI is InChI=1S/C20H22N4O2S2/c1-14-5-6-16(12-15(14)2)18-21-24(20(27)26-18)13-22-7-9-23(10-8-22)19(25)17-4-3-11-28-17/h3-6,11-12H,7-10,13H2,1-2H3/p+1. The maximum atomic E-state index is 12.5. The first-order valence-electron chi connectivity index (χ1n) is 9.33. The maximum absolute atomic E-state index is 12.5. The number of aryl methyl sites for hydroxylation is 2. The van der Waals surface area contributed by atoms with Crippen molar-refractivity contribution in [3.8, 4) is 11.5 Å². The number of benzene rings is 1. The lowest BCUT2D eigenvalue weighted by molar-refractivity contribution is -0.927. The van der Waals surface area contributed by atoms with Gasteiger partial charge in [-0.25, -0.2) is 0 Å². The van der Waals surface area contributed by atoms with Gasteiger partial charge in [0, 0.05) is 5.56 Å². The fourth-order valence-electron chi connectivity index (χ4n) is 3.35. The molecule has 0 atom stereocenters. The summed E-state index contributed by atoms with van der Waals surface area (Å²) in [5, 5.41) is 6.52. The highest BCUT2D eigenvalue weighted by Gasteiger charge is 2.25. The highest BCUT2D eigenvalue weighted by Crippen LogP contribution is 2.20. The predicted molar refractivity (Wildman–Crippen MR) is 111 cm³/mol. The van der Waals surface area contributed by atoms with Crippen LogP contribution in [0.4, 0.5) is 0 Å². The minimum Gasteiger partial charge on any atom is -0.409 e. The molecule has 1 fully saturated rings. The molecular weight excluding hydrogens is 392 g/mol. The molecule has 2 aromatic heterocycles. The average Bonchev–Trinajstić information content (AvgIpc) is 3.35. The second kappa shape index (κ2) is 7.98. The fourth-order valence-corrected chi connectivity index (χ4v) is 4.22. The van der Waals surface area contributed by atoms with Crippen LogP contribution in [0.5, 0.6) is 0 Å². The van der Waals surface area contributed by atoms with Gasteiger partial charge in [0.05, 0.1) is 31.1 Å². The molecule has 6 nitrogen and oxygen atoms in total. The van der Waals surface area contributed by atoms with Crippen molar-refractivity contribution in [3.05, 3.63) is 56.6 Å². The van der Waals surface area contributed by atoms with Crippen LogP contribution in [0.3, 0.4) is 0 Å². The summed E-state index contributed by atoms with van der Waals surface area (Å²) < 4.78 is 7.49. The van der Waals surface area contributed by atoms with Gasteiger partial charge in [0.15, 0.2) is 6.67 Å². The maximum Gasteiger partial charge on any atom is 0.292 e. The summed E-state index contributed by atoms with van der Waals surface area (Å²) in [7, 11) is 0. The lowest BCUT2D eigenvalue weighted by atomic mass is 10.1. The summed E-state index contributed by atoms with van der Waals surface area (Å²) in [6.07, 6.45) is 0. The van der Waals surface area contributed by atoms with Gasteiger partial charge in [-0.05, 0) is 60.8 Å². The summed E-state index contributed by atoms with van der Waals surface area (Å²) in [5.74, 6) is 0.683. The van der Waals surface area contributed by atoms with Crippen molar-refractivity contribution in [2.75, 3.05) is 26.2 Å². The summed E-state index contributed by atoms with van der Waals surface area (Å²) in [6, 6.07) is 9.95. The third-order valence-electron chi connectivity index (χ3n) is 5.22. The van der Waals surface area contributed by atoms with Gasteiger partial charge in [-0.3, -0.25) is 4.79 Å². The number of aromatic nitrogens is 2. The Balaban J connectivity index is 1.40. The molecule has 1 saturated heterocycles. The number of hydrogen-bond donors (Lipinski definition) is 1. The normalized spacial score (nSPS) is 15.1. The topological polar surface area (TPSA) is 55.7 Å². The van der Waals surface area contributed by atoms with Crippen molar-refractivity contribution >= 4 is 29.5 Å². The molecule has 146 valence electrons. The molecule has 1 aromatic carbocycles. The van der Waals surface area contributed by atoms with Gasteiger partial charge in [-0.2, -0.15) is 4.68 Å². The molecule has 0 bridgehead atoms. The van der Waals surface area contributed by atoms with E-state index in [-0.39, 0.29) is 5.91 Å². The van der Waals surface area contributed by atoms with Crippen LogP contribution in [-0.4, -0.2) is 46.8 Å². The zero-order valence-corrected chi connectivity index (χ0v) is 17.6. The van der Waals surface area contributed by atoms with E-state index in [0.717, 1.165) is 36.6 Å². The molecule has 1 aliphatic rings. The molecular formula is C20H23N4O2S2+. The second-order valence-corrected chi connectivity index (χ2v) is 8.45. The van der Waals surface area contributed by atoms with E-state index in [4.69, 9.17) is 16.6 Å². The minimum atomic E-state index is 0.129. The number of nitrogens with one attached hydrogen (secondary N) is 1. The fraction of sp³-hybridized carbons (Fsp3) is 0.350. The molecule has 0 aliphatic carbocycles. The van der Waals surface area contributed by atoms with Crippen LogP contribution in [0.2, 0.25) is 0 Å². The van der Waals surface area contributed by atoms with Gasteiger partial charge in [0.1, 0.15) is 0 Å². The van der Waals surface area contributed by atoms with Gasteiger partial charge in [0.2, 0.25) is 5.89 Å². The van der Waals surface area contributed by atoms with Crippen molar-refractivity contribution < 1.29 is 14.1 Å². The number of rotatable bonds is 4. The first-order valence-corrected chi connectivity index (χ1v) is 10.6. The summed E-state index contributed by atoms with van der Waals surface area (Å²) in [5.41, 5.74) is 3.38. The van der Waals surface area contributed by atoms with E-state index < -0.39 is 0 Å². The van der Waals surface area contributed by atoms with Crippen molar-refractivity contribution in [2.45, 2.75) is 20.5 Å². The summed E-state index contributed by atoms with van der Waals surface area (Å²) in [4.78, 5) is 16.9.